The summed E-state index contributed by atoms with van der Waals surface area (Å²) in [6.07, 6.45) is -2.32. The fourth-order valence-electron chi connectivity index (χ4n) is 1.48. The molecule has 0 radical (unpaired) electrons. The number of hydrogen-bond donors (Lipinski definition) is 1. The van der Waals surface area contributed by atoms with Crippen molar-refractivity contribution in [2.75, 3.05) is 19.8 Å². The van der Waals surface area contributed by atoms with E-state index in [1.165, 1.54) is 0 Å². The zero-order chi connectivity index (χ0) is 15.9. The number of carbonyl (C=O) groups is 1. The van der Waals surface area contributed by atoms with Crippen LogP contribution in [0.25, 0.3) is 0 Å². The Morgan fingerprint density at radius 2 is 2.05 bits per heavy atom. The maximum Gasteiger partial charge on any atom is 0.416 e. The number of ether oxygens (including phenoxy) is 1. The molecule has 0 atom stereocenters. The Balaban J connectivity index is 2.59. The van der Waals surface area contributed by atoms with Gasteiger partial charge in [0.1, 0.15) is 5.82 Å². The van der Waals surface area contributed by atoms with E-state index in [0.29, 0.717) is 31.2 Å². The van der Waals surface area contributed by atoms with E-state index in [1.54, 1.807) is 6.08 Å². The zero-order valence-electron chi connectivity index (χ0n) is 11.2. The van der Waals surface area contributed by atoms with Crippen molar-refractivity contribution >= 4 is 5.91 Å². The summed E-state index contributed by atoms with van der Waals surface area (Å²) < 4.78 is 56.0. The number of amides is 1. The molecule has 0 saturated carbocycles. The molecule has 0 spiro atoms. The van der Waals surface area contributed by atoms with Crippen molar-refractivity contribution < 1.29 is 27.1 Å². The van der Waals surface area contributed by atoms with Crippen molar-refractivity contribution in [3.8, 4) is 0 Å². The maximum absolute atomic E-state index is 13.4. The summed E-state index contributed by atoms with van der Waals surface area (Å²) >= 11 is 0. The average molecular weight is 305 g/mol. The Hall–Kier alpha value is -1.89. The summed E-state index contributed by atoms with van der Waals surface area (Å²) in [7, 11) is 0. The minimum Gasteiger partial charge on any atom is -0.379 e. The second-order valence-corrected chi connectivity index (χ2v) is 4.14. The number of rotatable bonds is 7. The molecule has 0 saturated heterocycles. The number of carbonyl (C=O) groups excluding carboxylic acids is 1. The molecule has 116 valence electrons. The summed E-state index contributed by atoms with van der Waals surface area (Å²) in [5.41, 5.74) is -1.72. The van der Waals surface area contributed by atoms with E-state index in [4.69, 9.17) is 4.74 Å². The van der Waals surface area contributed by atoms with Crippen LogP contribution in [0.4, 0.5) is 17.6 Å². The molecule has 0 aromatic heterocycles. The van der Waals surface area contributed by atoms with E-state index >= 15 is 0 Å². The largest absolute Gasteiger partial charge is 0.416 e. The van der Waals surface area contributed by atoms with Crippen LogP contribution in [0.3, 0.4) is 0 Å². The Bertz CT molecular complexity index is 500. The monoisotopic (exact) mass is 305 g/mol. The number of halogens is 4. The normalized spacial score (nSPS) is 11.2. The van der Waals surface area contributed by atoms with E-state index in [-0.39, 0.29) is 13.2 Å². The molecule has 21 heavy (non-hydrogen) atoms. The molecule has 7 heteroatoms. The van der Waals surface area contributed by atoms with Gasteiger partial charge in [0.2, 0.25) is 0 Å². The quantitative estimate of drug-likeness (QED) is 0.477. The van der Waals surface area contributed by atoms with Gasteiger partial charge < -0.3 is 10.1 Å². The average Bonchev–Trinajstić information content (AvgIpc) is 2.41. The molecule has 0 fully saturated rings. The smallest absolute Gasteiger partial charge is 0.379 e. The first kappa shape index (κ1) is 17.2. The van der Waals surface area contributed by atoms with Crippen LogP contribution in [0.5, 0.6) is 0 Å². The van der Waals surface area contributed by atoms with Crippen LogP contribution in [-0.4, -0.2) is 25.7 Å². The van der Waals surface area contributed by atoms with Crippen LogP contribution in [-0.2, 0) is 10.9 Å². The van der Waals surface area contributed by atoms with Crippen LogP contribution in [0.15, 0.2) is 30.9 Å². The van der Waals surface area contributed by atoms with Crippen LogP contribution < -0.4 is 5.32 Å². The van der Waals surface area contributed by atoms with E-state index in [1.807, 2.05) is 0 Å². The van der Waals surface area contributed by atoms with Crippen LogP contribution >= 0.6 is 0 Å². The molecular weight excluding hydrogens is 290 g/mol. The third-order valence-electron chi connectivity index (χ3n) is 2.54. The first-order valence-electron chi connectivity index (χ1n) is 6.20. The first-order chi connectivity index (χ1) is 9.86. The van der Waals surface area contributed by atoms with Gasteiger partial charge in [-0.15, -0.1) is 6.58 Å². The number of alkyl halides is 3. The van der Waals surface area contributed by atoms with E-state index in [0.717, 1.165) is 0 Å². The molecule has 1 amide bonds. The summed E-state index contributed by atoms with van der Waals surface area (Å²) in [6.45, 7) is 4.18. The van der Waals surface area contributed by atoms with E-state index in [2.05, 4.69) is 11.9 Å². The number of hydrogen-bond acceptors (Lipinski definition) is 2. The lowest BCUT2D eigenvalue weighted by Crippen LogP contribution is -2.28. The van der Waals surface area contributed by atoms with Gasteiger partial charge in [0.05, 0.1) is 24.3 Å². The molecular formula is C14H15F4NO2. The predicted octanol–water partition coefficient (Wildman–Crippen LogP) is 3.17. The molecule has 3 nitrogen and oxygen atoms in total. The van der Waals surface area contributed by atoms with E-state index < -0.39 is 29.0 Å². The molecule has 0 heterocycles. The first-order valence-corrected chi connectivity index (χ1v) is 6.20. The van der Waals surface area contributed by atoms with Crippen molar-refractivity contribution in [2.45, 2.75) is 12.6 Å². The van der Waals surface area contributed by atoms with Gasteiger partial charge in [-0.1, -0.05) is 6.08 Å². The lowest BCUT2D eigenvalue weighted by Gasteiger charge is -2.10. The van der Waals surface area contributed by atoms with Gasteiger partial charge in [0, 0.05) is 6.54 Å². The minimum absolute atomic E-state index is 0.0751. The lowest BCUT2D eigenvalue weighted by molar-refractivity contribution is -0.137. The highest BCUT2D eigenvalue weighted by Crippen LogP contribution is 2.30. The molecule has 1 N–H and O–H groups in total. The fourth-order valence-corrected chi connectivity index (χ4v) is 1.48. The van der Waals surface area contributed by atoms with Gasteiger partial charge in [-0.25, -0.2) is 4.39 Å². The molecule has 1 aromatic rings. The summed E-state index contributed by atoms with van der Waals surface area (Å²) in [6, 6.07) is 1.70. The fraction of sp³-hybridized carbons (Fsp3) is 0.357. The highest BCUT2D eigenvalue weighted by Gasteiger charge is 2.31. The van der Waals surface area contributed by atoms with Crippen molar-refractivity contribution in [2.24, 2.45) is 0 Å². The third-order valence-corrected chi connectivity index (χ3v) is 2.54. The standard InChI is InChI=1S/C14H15F4NO2/c1-2-3-7-21-8-6-19-13(20)11-9-10(14(16,17)18)4-5-12(11)15/h2,4-5,9H,1,3,6-8H2,(H,19,20). The number of nitrogens with one attached hydrogen (secondary N) is 1. The van der Waals surface area contributed by atoms with Gasteiger partial charge in [0.25, 0.3) is 5.91 Å². The molecule has 1 aromatic carbocycles. The Labute approximate surface area is 119 Å². The van der Waals surface area contributed by atoms with Gasteiger partial charge in [-0.2, -0.15) is 13.2 Å². The van der Waals surface area contributed by atoms with Gasteiger partial charge in [-0.3, -0.25) is 4.79 Å². The van der Waals surface area contributed by atoms with Crippen LogP contribution in [0.2, 0.25) is 0 Å². The molecule has 0 aliphatic carbocycles. The summed E-state index contributed by atoms with van der Waals surface area (Å²) in [4.78, 5) is 11.6. The van der Waals surface area contributed by atoms with Crippen LogP contribution in [0.1, 0.15) is 22.3 Å². The highest BCUT2D eigenvalue weighted by atomic mass is 19.4. The van der Waals surface area contributed by atoms with Crippen LogP contribution in [0, 0.1) is 5.82 Å². The number of benzene rings is 1. The highest BCUT2D eigenvalue weighted by molar-refractivity contribution is 5.94. The summed E-state index contributed by atoms with van der Waals surface area (Å²) in [5.74, 6) is -1.92. The third kappa shape index (κ3) is 5.55. The van der Waals surface area contributed by atoms with Crippen molar-refractivity contribution in [3.05, 3.63) is 47.8 Å². The molecule has 0 aliphatic rings. The molecule has 0 bridgehead atoms. The van der Waals surface area contributed by atoms with Crippen molar-refractivity contribution in [1.82, 2.24) is 5.32 Å². The van der Waals surface area contributed by atoms with E-state index in [9.17, 15) is 22.4 Å². The summed E-state index contributed by atoms with van der Waals surface area (Å²) in [5, 5.41) is 2.30. The molecule has 1 rings (SSSR count). The molecule has 0 aliphatic heterocycles. The van der Waals surface area contributed by atoms with Gasteiger partial charge in [-0.05, 0) is 24.6 Å². The zero-order valence-corrected chi connectivity index (χ0v) is 11.2. The van der Waals surface area contributed by atoms with Crippen molar-refractivity contribution in [1.29, 1.82) is 0 Å². The second kappa shape index (κ2) is 7.78. The van der Waals surface area contributed by atoms with Gasteiger partial charge >= 0.3 is 6.18 Å². The van der Waals surface area contributed by atoms with Crippen molar-refractivity contribution in [3.63, 3.8) is 0 Å². The predicted molar refractivity (Wildman–Crippen MR) is 69.4 cm³/mol. The van der Waals surface area contributed by atoms with Gasteiger partial charge in [0.15, 0.2) is 0 Å². The second-order valence-electron chi connectivity index (χ2n) is 4.14. The lowest BCUT2D eigenvalue weighted by atomic mass is 10.1. The topological polar surface area (TPSA) is 38.3 Å². The Morgan fingerprint density at radius 1 is 1.33 bits per heavy atom. The SMILES string of the molecule is C=CCCOCCNC(=O)c1cc(C(F)(F)F)ccc1F. The molecule has 0 unspecified atom stereocenters. The Kier molecular flexibility index (Phi) is 6.36. The Morgan fingerprint density at radius 3 is 2.67 bits per heavy atom. The minimum atomic E-state index is -4.63. The maximum atomic E-state index is 13.4.